The van der Waals surface area contributed by atoms with Crippen LogP contribution in [-0.4, -0.2) is 62.9 Å². The van der Waals surface area contributed by atoms with Crippen LogP contribution < -0.4 is 0 Å². The summed E-state index contributed by atoms with van der Waals surface area (Å²) in [5, 5.41) is 0. The first-order valence-electron chi connectivity index (χ1n) is 13.6. The monoisotopic (exact) mass is 496 g/mol. The summed E-state index contributed by atoms with van der Waals surface area (Å²) in [4.78, 5) is 12.2. The number of allylic oxidation sites excluding steroid dienone is 3. The molecule has 3 aliphatic rings. The number of unbranched alkanes of at least 4 members (excludes halogenated alkanes) is 3. The van der Waals surface area contributed by atoms with Crippen LogP contribution in [0.25, 0.3) is 0 Å². The number of carbonyl (C=O) groups excluding carboxylic acids is 1. The van der Waals surface area contributed by atoms with Gasteiger partial charge in [-0.15, -0.1) is 0 Å². The number of carbonyl (C=O) groups is 1. The first kappa shape index (κ1) is 28.5. The second-order valence-corrected chi connectivity index (χ2v) is 10.1. The van der Waals surface area contributed by atoms with E-state index in [0.717, 1.165) is 44.1 Å². The molecular weight excluding hydrogens is 451 g/mol. The summed E-state index contributed by atoms with van der Waals surface area (Å²) < 4.78 is 46.8. The Hall–Kier alpha value is -1.12. The minimum atomic E-state index is -1.07. The zero-order chi connectivity index (χ0) is 25.4. The van der Waals surface area contributed by atoms with Gasteiger partial charge in [0.1, 0.15) is 18.0 Å². The molecule has 6 atom stereocenters. The SMILES string of the molecule is CCCCOC[C@H]1O[C@@]2(C[C@@H](OCCCC)[C@@H]1OCCCC)OCC1C2=CC(C(C)=O)=C(F)C1C. The molecule has 2 saturated heterocycles. The minimum Gasteiger partial charge on any atom is -0.379 e. The van der Waals surface area contributed by atoms with Gasteiger partial charge in [-0.2, -0.15) is 0 Å². The maximum absolute atomic E-state index is 15.0. The molecule has 0 N–H and O–H groups in total. The molecule has 0 aromatic rings. The highest BCUT2D eigenvalue weighted by atomic mass is 19.1. The number of halogens is 1. The highest BCUT2D eigenvalue weighted by Crippen LogP contribution is 2.51. The van der Waals surface area contributed by atoms with Crippen LogP contribution in [0.15, 0.2) is 23.0 Å². The standard InChI is InChI=1S/C28H45FO6/c1-6-9-12-31-18-25-27(33-14-11-8-3)24(32-13-10-7-2)16-28(35-25)23-15-21(20(5)30)26(29)19(4)22(23)17-34-28/h15,19,22,24-25,27H,6-14,16-18H2,1-5H3/t19?,22?,24-,25-,27+,28-/m1/s1. The Bertz CT molecular complexity index is 765. The number of fused-ring (bicyclic) bond motifs is 2. The highest BCUT2D eigenvalue weighted by Gasteiger charge is 2.58. The van der Waals surface area contributed by atoms with E-state index in [-0.39, 0.29) is 35.3 Å². The van der Waals surface area contributed by atoms with Gasteiger partial charge in [-0.05, 0) is 37.8 Å². The van der Waals surface area contributed by atoms with E-state index in [1.54, 1.807) is 6.08 Å². The molecule has 35 heavy (non-hydrogen) atoms. The summed E-state index contributed by atoms with van der Waals surface area (Å²) in [5.74, 6) is -2.32. The lowest BCUT2D eigenvalue weighted by atomic mass is 9.76. The van der Waals surface area contributed by atoms with Crippen molar-refractivity contribution in [3.8, 4) is 0 Å². The second kappa shape index (κ2) is 13.4. The lowest BCUT2D eigenvalue weighted by Crippen LogP contribution is -2.58. The van der Waals surface area contributed by atoms with E-state index in [0.29, 0.717) is 39.5 Å². The highest BCUT2D eigenvalue weighted by molar-refractivity contribution is 5.97. The molecule has 2 heterocycles. The molecule has 200 valence electrons. The van der Waals surface area contributed by atoms with Crippen molar-refractivity contribution in [2.45, 2.75) is 104 Å². The van der Waals surface area contributed by atoms with E-state index in [9.17, 15) is 9.18 Å². The fraction of sp³-hybridized carbons (Fsp3) is 0.821. The first-order chi connectivity index (χ1) is 16.9. The number of Topliss-reactive ketones (excluding diaryl/α,β-unsaturated/α-hetero) is 1. The van der Waals surface area contributed by atoms with Crippen molar-refractivity contribution < 1.29 is 32.9 Å². The van der Waals surface area contributed by atoms with Crippen LogP contribution in [-0.2, 0) is 28.5 Å². The topological polar surface area (TPSA) is 63.2 Å². The van der Waals surface area contributed by atoms with Crippen molar-refractivity contribution in [1.29, 1.82) is 0 Å². The summed E-state index contributed by atoms with van der Waals surface area (Å²) in [7, 11) is 0. The normalized spacial score (nSPS) is 32.7. The minimum absolute atomic E-state index is 0.123. The lowest BCUT2D eigenvalue weighted by Gasteiger charge is -2.47. The first-order valence-corrected chi connectivity index (χ1v) is 13.6. The van der Waals surface area contributed by atoms with Gasteiger partial charge < -0.3 is 23.7 Å². The van der Waals surface area contributed by atoms with Crippen LogP contribution in [0, 0.1) is 11.8 Å². The molecule has 1 aliphatic carbocycles. The molecule has 0 saturated carbocycles. The van der Waals surface area contributed by atoms with Gasteiger partial charge in [-0.1, -0.05) is 47.0 Å². The molecule has 0 aromatic heterocycles. The Labute approximate surface area is 210 Å². The number of hydrogen-bond donors (Lipinski definition) is 0. The molecular formula is C28H45FO6. The molecule has 7 heteroatoms. The molecule has 2 fully saturated rings. The molecule has 0 radical (unpaired) electrons. The molecule has 0 aromatic carbocycles. The molecule has 2 unspecified atom stereocenters. The average Bonchev–Trinajstić information content (AvgIpc) is 3.18. The van der Waals surface area contributed by atoms with Crippen molar-refractivity contribution in [2.24, 2.45) is 11.8 Å². The van der Waals surface area contributed by atoms with E-state index in [1.807, 2.05) is 6.92 Å². The number of rotatable bonds is 14. The number of ether oxygens (including phenoxy) is 5. The molecule has 3 rings (SSSR count). The third-order valence-electron chi connectivity index (χ3n) is 7.38. The van der Waals surface area contributed by atoms with E-state index in [2.05, 4.69) is 20.8 Å². The molecule has 2 aliphatic heterocycles. The third kappa shape index (κ3) is 6.61. The quantitative estimate of drug-likeness (QED) is 0.288. The summed E-state index contributed by atoms with van der Waals surface area (Å²) in [6, 6.07) is 0. The van der Waals surface area contributed by atoms with E-state index in [4.69, 9.17) is 23.7 Å². The van der Waals surface area contributed by atoms with E-state index >= 15 is 0 Å². The maximum atomic E-state index is 15.0. The summed E-state index contributed by atoms with van der Waals surface area (Å²) in [5.41, 5.74) is 0.962. The Kier molecular flexibility index (Phi) is 10.9. The van der Waals surface area contributed by atoms with Crippen LogP contribution in [0.5, 0.6) is 0 Å². The summed E-state index contributed by atoms with van der Waals surface area (Å²) >= 11 is 0. The second-order valence-electron chi connectivity index (χ2n) is 10.1. The average molecular weight is 497 g/mol. The number of ketones is 1. The molecule has 1 spiro atoms. The van der Waals surface area contributed by atoms with Crippen LogP contribution in [0.4, 0.5) is 4.39 Å². The van der Waals surface area contributed by atoms with Crippen molar-refractivity contribution in [3.63, 3.8) is 0 Å². The van der Waals surface area contributed by atoms with Crippen molar-refractivity contribution in [3.05, 3.63) is 23.0 Å². The Balaban J connectivity index is 1.92. The third-order valence-corrected chi connectivity index (χ3v) is 7.38. The fourth-order valence-electron chi connectivity index (χ4n) is 5.17. The van der Waals surface area contributed by atoms with Crippen LogP contribution in [0.3, 0.4) is 0 Å². The predicted molar refractivity (Wildman–Crippen MR) is 133 cm³/mol. The van der Waals surface area contributed by atoms with Gasteiger partial charge in [0.25, 0.3) is 0 Å². The lowest BCUT2D eigenvalue weighted by molar-refractivity contribution is -0.305. The van der Waals surface area contributed by atoms with Gasteiger partial charge in [0, 0.05) is 43.7 Å². The van der Waals surface area contributed by atoms with Gasteiger partial charge in [0.05, 0.1) is 19.3 Å². The smallest absolute Gasteiger partial charge is 0.194 e. The van der Waals surface area contributed by atoms with Gasteiger partial charge >= 0.3 is 0 Å². The van der Waals surface area contributed by atoms with Crippen molar-refractivity contribution in [2.75, 3.05) is 33.0 Å². The fourth-order valence-corrected chi connectivity index (χ4v) is 5.17. The van der Waals surface area contributed by atoms with Gasteiger partial charge in [0.15, 0.2) is 11.6 Å². The Morgan fingerprint density at radius 1 is 1.09 bits per heavy atom. The van der Waals surface area contributed by atoms with Crippen LogP contribution in [0.1, 0.15) is 79.6 Å². The Morgan fingerprint density at radius 2 is 1.74 bits per heavy atom. The Morgan fingerprint density at radius 3 is 2.40 bits per heavy atom. The predicted octanol–water partition coefficient (Wildman–Crippen LogP) is 5.69. The summed E-state index contributed by atoms with van der Waals surface area (Å²) in [6.45, 7) is 12.2. The zero-order valence-corrected chi connectivity index (χ0v) is 22.3. The molecule has 0 bridgehead atoms. The molecule has 0 amide bonds. The van der Waals surface area contributed by atoms with E-state index < -0.39 is 17.8 Å². The number of hydrogen-bond acceptors (Lipinski definition) is 6. The van der Waals surface area contributed by atoms with Gasteiger partial charge in [-0.25, -0.2) is 4.39 Å². The van der Waals surface area contributed by atoms with Crippen LogP contribution >= 0.6 is 0 Å². The maximum Gasteiger partial charge on any atom is 0.194 e. The van der Waals surface area contributed by atoms with Gasteiger partial charge in [0.2, 0.25) is 0 Å². The van der Waals surface area contributed by atoms with Crippen molar-refractivity contribution in [1.82, 2.24) is 0 Å². The van der Waals surface area contributed by atoms with Crippen molar-refractivity contribution >= 4 is 5.78 Å². The largest absolute Gasteiger partial charge is 0.379 e. The van der Waals surface area contributed by atoms with Gasteiger partial charge in [-0.3, -0.25) is 4.79 Å². The molecule has 6 nitrogen and oxygen atoms in total. The zero-order valence-electron chi connectivity index (χ0n) is 22.3. The van der Waals surface area contributed by atoms with Crippen LogP contribution in [0.2, 0.25) is 0 Å². The van der Waals surface area contributed by atoms with E-state index in [1.165, 1.54) is 6.92 Å². The summed E-state index contributed by atoms with van der Waals surface area (Å²) in [6.07, 6.45) is 7.20.